The summed E-state index contributed by atoms with van der Waals surface area (Å²) in [4.78, 5) is -0.721. The minimum Gasteiger partial charge on any atom is -0.353 e. The minimum atomic E-state index is -0.721. The average Bonchev–Trinajstić information content (AvgIpc) is 2.42. The van der Waals surface area contributed by atoms with E-state index in [2.05, 4.69) is 5.32 Å². The number of hydrogen-bond acceptors (Lipinski definition) is 1. The first-order chi connectivity index (χ1) is 9.50. The molecule has 0 spiro atoms. The first kappa shape index (κ1) is 16.1. The summed E-state index contributed by atoms with van der Waals surface area (Å²) in [5.41, 5.74) is 2.15. The van der Waals surface area contributed by atoms with E-state index >= 15 is 0 Å². The van der Waals surface area contributed by atoms with Gasteiger partial charge in [-0.3, -0.25) is 0 Å². The van der Waals surface area contributed by atoms with E-state index in [1.807, 2.05) is 24.3 Å². The molecule has 1 unspecified atom stereocenters. The second-order valence-corrected chi connectivity index (χ2v) is 6.49. The third-order valence-corrected chi connectivity index (χ3v) is 4.58. The molecule has 0 aliphatic carbocycles. The molecule has 0 saturated carbocycles. The van der Waals surface area contributed by atoms with Crippen molar-refractivity contribution < 1.29 is 0 Å². The molecule has 1 N–H and O–H groups in total. The van der Waals surface area contributed by atoms with Gasteiger partial charge in [0.15, 0.2) is 0 Å². The zero-order valence-corrected chi connectivity index (χ0v) is 13.9. The molecule has 0 bridgehead atoms. The number of alkyl halides is 3. The Balaban J connectivity index is 2.39. The molecule has 2 aromatic carbocycles. The molecule has 1 nitrogen and oxygen atoms in total. The molecular formula is C14H10Cl5N. The van der Waals surface area contributed by atoms with Gasteiger partial charge in [-0.1, -0.05) is 47.5 Å². The van der Waals surface area contributed by atoms with Crippen molar-refractivity contribution >= 4 is 69.4 Å². The molecule has 0 saturated heterocycles. The second-order valence-electron chi connectivity index (χ2n) is 4.05. The van der Waals surface area contributed by atoms with Crippen molar-refractivity contribution in [1.82, 2.24) is 0 Å². The molecule has 2 aromatic rings. The van der Waals surface area contributed by atoms with Gasteiger partial charge in [-0.25, -0.2) is 0 Å². The van der Waals surface area contributed by atoms with Gasteiger partial charge < -0.3 is 5.32 Å². The predicted molar refractivity (Wildman–Crippen MR) is 90.3 cm³/mol. The lowest BCUT2D eigenvalue weighted by Crippen LogP contribution is -2.04. The van der Waals surface area contributed by atoms with Crippen molar-refractivity contribution in [3.63, 3.8) is 0 Å². The van der Waals surface area contributed by atoms with Crippen molar-refractivity contribution in [3.8, 4) is 0 Å². The molecule has 0 aromatic heterocycles. The van der Waals surface area contributed by atoms with E-state index < -0.39 is 10.2 Å². The quantitative estimate of drug-likeness (QED) is 0.583. The van der Waals surface area contributed by atoms with Gasteiger partial charge in [0.1, 0.15) is 4.84 Å². The van der Waals surface area contributed by atoms with E-state index in [0.29, 0.717) is 15.7 Å². The van der Waals surface area contributed by atoms with Crippen molar-refractivity contribution in [1.29, 1.82) is 0 Å². The van der Waals surface area contributed by atoms with Gasteiger partial charge >= 0.3 is 0 Å². The molecule has 106 valence electrons. The smallest absolute Gasteiger partial charge is 0.128 e. The highest BCUT2D eigenvalue weighted by molar-refractivity contribution is 6.48. The Morgan fingerprint density at radius 2 is 1.40 bits per heavy atom. The Morgan fingerprint density at radius 1 is 0.800 bits per heavy atom. The SMILES string of the molecule is Clc1cccc(Cl)c1Nc1ccccc1C(Cl)C(Cl)Cl. The number of benzene rings is 2. The minimum absolute atomic E-state index is 0.520. The first-order valence-corrected chi connectivity index (χ1v) is 7.79. The van der Waals surface area contributed by atoms with E-state index in [1.165, 1.54) is 0 Å². The number of hydrogen-bond donors (Lipinski definition) is 1. The molecule has 1 atom stereocenters. The Bertz CT molecular complexity index is 580. The topological polar surface area (TPSA) is 12.0 Å². The van der Waals surface area contributed by atoms with Crippen molar-refractivity contribution in [2.75, 3.05) is 5.32 Å². The molecule has 0 radical (unpaired) electrons. The monoisotopic (exact) mass is 367 g/mol. The predicted octanol–water partition coefficient (Wildman–Crippen LogP) is 6.82. The highest BCUT2D eigenvalue weighted by Crippen LogP contribution is 2.38. The number of para-hydroxylation sites is 2. The van der Waals surface area contributed by atoms with Crippen molar-refractivity contribution in [2.45, 2.75) is 10.2 Å². The maximum Gasteiger partial charge on any atom is 0.128 e. The van der Waals surface area contributed by atoms with Crippen LogP contribution in [0.1, 0.15) is 10.9 Å². The van der Waals surface area contributed by atoms with Crippen LogP contribution in [0.5, 0.6) is 0 Å². The van der Waals surface area contributed by atoms with Crippen molar-refractivity contribution in [2.24, 2.45) is 0 Å². The van der Waals surface area contributed by atoms with Crippen molar-refractivity contribution in [3.05, 3.63) is 58.1 Å². The summed E-state index contributed by atoms with van der Waals surface area (Å²) < 4.78 is 0. The van der Waals surface area contributed by atoms with Crippen LogP contribution >= 0.6 is 58.0 Å². The Morgan fingerprint density at radius 3 is 2.00 bits per heavy atom. The van der Waals surface area contributed by atoms with Gasteiger partial charge in [0.05, 0.1) is 21.1 Å². The Labute approximate surface area is 142 Å². The van der Waals surface area contributed by atoms with Crippen LogP contribution in [-0.2, 0) is 0 Å². The molecule has 0 amide bonds. The van der Waals surface area contributed by atoms with E-state index in [1.54, 1.807) is 18.2 Å². The molecule has 0 heterocycles. The van der Waals surface area contributed by atoms with E-state index in [0.717, 1.165) is 11.3 Å². The lowest BCUT2D eigenvalue weighted by Gasteiger charge is -2.18. The Kier molecular flexibility index (Phi) is 5.71. The summed E-state index contributed by atoms with van der Waals surface area (Å²) in [7, 11) is 0. The highest BCUT2D eigenvalue weighted by atomic mass is 35.5. The fourth-order valence-electron chi connectivity index (χ4n) is 1.74. The zero-order chi connectivity index (χ0) is 14.7. The summed E-state index contributed by atoms with van der Waals surface area (Å²) in [6, 6.07) is 12.7. The molecule has 20 heavy (non-hydrogen) atoms. The average molecular weight is 370 g/mol. The summed E-state index contributed by atoms with van der Waals surface area (Å²) in [5, 5.41) is 3.68. The molecule has 2 rings (SSSR count). The highest BCUT2D eigenvalue weighted by Gasteiger charge is 2.20. The van der Waals surface area contributed by atoms with E-state index in [-0.39, 0.29) is 0 Å². The summed E-state index contributed by atoms with van der Waals surface area (Å²) in [6.45, 7) is 0. The van der Waals surface area contributed by atoms with Gasteiger partial charge in [-0.05, 0) is 23.8 Å². The number of nitrogens with one attached hydrogen (secondary N) is 1. The van der Waals surface area contributed by atoms with Crippen LogP contribution in [0.3, 0.4) is 0 Å². The summed E-state index contributed by atoms with van der Waals surface area (Å²) >= 11 is 30.2. The van der Waals surface area contributed by atoms with Crippen LogP contribution in [-0.4, -0.2) is 4.84 Å². The molecule has 0 aliphatic rings. The van der Waals surface area contributed by atoms with Gasteiger partial charge in [-0.2, -0.15) is 0 Å². The van der Waals surface area contributed by atoms with Crippen LogP contribution in [0, 0.1) is 0 Å². The van der Waals surface area contributed by atoms with Gasteiger partial charge in [-0.15, -0.1) is 34.8 Å². The van der Waals surface area contributed by atoms with Crippen LogP contribution in [0.15, 0.2) is 42.5 Å². The number of rotatable bonds is 4. The zero-order valence-electron chi connectivity index (χ0n) is 10.1. The van der Waals surface area contributed by atoms with Crippen LogP contribution < -0.4 is 5.32 Å². The van der Waals surface area contributed by atoms with Crippen LogP contribution in [0.4, 0.5) is 11.4 Å². The molecule has 0 aliphatic heterocycles. The standard InChI is InChI=1S/C14H10Cl5N/c15-9-5-3-6-10(16)13(9)20-11-7-2-1-4-8(11)12(17)14(18)19/h1-7,12,14,20H. The fourth-order valence-corrected chi connectivity index (χ4v) is 2.69. The molecule has 0 fully saturated rings. The van der Waals surface area contributed by atoms with Gasteiger partial charge in [0, 0.05) is 5.69 Å². The van der Waals surface area contributed by atoms with Crippen LogP contribution in [0.25, 0.3) is 0 Å². The normalized spacial score (nSPS) is 12.5. The third kappa shape index (κ3) is 3.66. The van der Waals surface area contributed by atoms with Crippen LogP contribution in [0.2, 0.25) is 10.0 Å². The maximum atomic E-state index is 6.22. The lowest BCUT2D eigenvalue weighted by atomic mass is 10.1. The second kappa shape index (κ2) is 7.11. The van der Waals surface area contributed by atoms with E-state index in [4.69, 9.17) is 58.0 Å². The lowest BCUT2D eigenvalue weighted by molar-refractivity contribution is 1.04. The van der Waals surface area contributed by atoms with E-state index in [9.17, 15) is 0 Å². The number of halogens is 5. The first-order valence-electron chi connectivity index (χ1n) is 5.73. The largest absolute Gasteiger partial charge is 0.353 e. The maximum absolute atomic E-state index is 6.22. The molecule has 6 heteroatoms. The van der Waals surface area contributed by atoms with Gasteiger partial charge in [0.2, 0.25) is 0 Å². The molecular weight excluding hydrogens is 359 g/mol. The number of anilines is 2. The van der Waals surface area contributed by atoms with Gasteiger partial charge in [0.25, 0.3) is 0 Å². The fraction of sp³-hybridized carbons (Fsp3) is 0.143. The summed E-state index contributed by atoms with van der Waals surface area (Å²) in [6.07, 6.45) is 0. The third-order valence-electron chi connectivity index (χ3n) is 2.70. The summed E-state index contributed by atoms with van der Waals surface area (Å²) in [5.74, 6) is 0. The Hall–Kier alpha value is -0.310.